The van der Waals surface area contributed by atoms with Crippen LogP contribution in [0.15, 0.2) is 0 Å². The Labute approximate surface area is 183 Å². The maximum absolute atomic E-state index is 12.6. The fraction of sp³-hybridized carbons (Fsp3) is 0.800. The summed E-state index contributed by atoms with van der Waals surface area (Å²) < 4.78 is 9.81. The van der Waals surface area contributed by atoms with E-state index in [1.54, 1.807) is 0 Å². The van der Waals surface area contributed by atoms with Crippen LogP contribution in [-0.2, 0) is 28.7 Å². The van der Waals surface area contributed by atoms with Crippen molar-refractivity contribution in [3.63, 3.8) is 0 Å². The molecule has 1 saturated heterocycles. The lowest BCUT2D eigenvalue weighted by atomic mass is 9.90. The van der Waals surface area contributed by atoms with Gasteiger partial charge in [-0.3, -0.25) is 38.8 Å². The van der Waals surface area contributed by atoms with Crippen LogP contribution in [0, 0.1) is 5.41 Å². The Hall–Kier alpha value is -2.08. The van der Waals surface area contributed by atoms with Crippen molar-refractivity contribution in [3.05, 3.63) is 0 Å². The predicted octanol–water partition coefficient (Wildman–Crippen LogP) is -0.831. The van der Waals surface area contributed by atoms with E-state index in [0.29, 0.717) is 65.3 Å². The van der Waals surface area contributed by atoms with Crippen molar-refractivity contribution < 1.29 is 33.8 Å². The van der Waals surface area contributed by atoms with Crippen molar-refractivity contribution in [3.8, 4) is 0 Å². The highest BCUT2D eigenvalue weighted by Crippen LogP contribution is 2.15. The van der Waals surface area contributed by atoms with Crippen LogP contribution in [0.2, 0.25) is 0 Å². The summed E-state index contributed by atoms with van der Waals surface area (Å²) in [6.07, 6.45) is 0. The minimum absolute atomic E-state index is 0.0962. The second-order valence-corrected chi connectivity index (χ2v) is 8.64. The Bertz CT molecular complexity index is 582. The van der Waals surface area contributed by atoms with Crippen molar-refractivity contribution in [2.75, 3.05) is 78.9 Å². The standard InChI is InChI=1S/C20H36N4O7/c1-20(2,3)18(27)12-21-4-5-22(13-19(28)29)7-9-24(15-31-17-26)11-10-23(8-6-21)14-30-16-25/h16-17H,4-15H2,1-3H3,(H,28,29). The first-order valence-corrected chi connectivity index (χ1v) is 10.4. The first-order valence-electron chi connectivity index (χ1n) is 10.4. The van der Waals surface area contributed by atoms with Crippen LogP contribution in [0.1, 0.15) is 20.8 Å². The molecule has 11 heteroatoms. The monoisotopic (exact) mass is 444 g/mol. The summed E-state index contributed by atoms with van der Waals surface area (Å²) in [5, 5.41) is 9.25. The molecule has 0 amide bonds. The molecule has 0 unspecified atom stereocenters. The second-order valence-electron chi connectivity index (χ2n) is 8.64. The van der Waals surface area contributed by atoms with E-state index in [0.717, 1.165) is 0 Å². The van der Waals surface area contributed by atoms with Gasteiger partial charge in [0.2, 0.25) is 0 Å². The van der Waals surface area contributed by atoms with Gasteiger partial charge in [-0.25, -0.2) is 0 Å². The largest absolute Gasteiger partial charge is 0.480 e. The second kappa shape index (κ2) is 14.1. The molecule has 31 heavy (non-hydrogen) atoms. The lowest BCUT2D eigenvalue weighted by Crippen LogP contribution is -2.49. The van der Waals surface area contributed by atoms with E-state index >= 15 is 0 Å². The highest BCUT2D eigenvalue weighted by atomic mass is 16.5. The molecule has 1 heterocycles. The molecule has 1 aliphatic rings. The molecule has 1 N–H and O–H groups in total. The summed E-state index contributed by atoms with van der Waals surface area (Å²) in [6, 6.07) is 0. The number of carboxylic acid groups (broad SMARTS) is 1. The average Bonchev–Trinajstić information content (AvgIpc) is 2.69. The number of nitrogens with zero attached hydrogens (tertiary/aromatic N) is 4. The number of ketones is 1. The number of carboxylic acids is 1. The number of rotatable bonds is 10. The zero-order valence-electron chi connectivity index (χ0n) is 18.8. The Morgan fingerprint density at radius 3 is 1.42 bits per heavy atom. The van der Waals surface area contributed by atoms with Gasteiger partial charge in [0.1, 0.15) is 13.5 Å². The van der Waals surface area contributed by atoms with Gasteiger partial charge >= 0.3 is 5.97 Å². The summed E-state index contributed by atoms with van der Waals surface area (Å²) in [4.78, 5) is 52.8. The van der Waals surface area contributed by atoms with E-state index in [2.05, 4.69) is 0 Å². The van der Waals surface area contributed by atoms with Crippen molar-refractivity contribution in [2.24, 2.45) is 5.41 Å². The molecule has 1 rings (SSSR count). The van der Waals surface area contributed by atoms with Crippen LogP contribution in [0.4, 0.5) is 0 Å². The van der Waals surface area contributed by atoms with Gasteiger partial charge in [0, 0.05) is 57.8 Å². The molecule has 11 nitrogen and oxygen atoms in total. The van der Waals surface area contributed by atoms with E-state index in [4.69, 9.17) is 9.47 Å². The highest BCUT2D eigenvalue weighted by Gasteiger charge is 2.25. The average molecular weight is 445 g/mol. The van der Waals surface area contributed by atoms with Gasteiger partial charge < -0.3 is 14.6 Å². The molecule has 178 valence electrons. The Balaban J connectivity index is 2.93. The quantitative estimate of drug-likeness (QED) is 0.425. The van der Waals surface area contributed by atoms with Gasteiger partial charge in [-0.2, -0.15) is 0 Å². The molecule has 0 radical (unpaired) electrons. The van der Waals surface area contributed by atoms with Gasteiger partial charge in [0.15, 0.2) is 5.78 Å². The number of hydrogen-bond acceptors (Lipinski definition) is 10. The SMILES string of the molecule is CC(C)(C)C(=O)CN1CCN(COC=O)CCN(COC=O)CCN(CC(=O)O)CC1. The lowest BCUT2D eigenvalue weighted by Gasteiger charge is -2.33. The molecular formula is C20H36N4O7. The maximum atomic E-state index is 12.6. The Morgan fingerprint density at radius 2 is 1.10 bits per heavy atom. The van der Waals surface area contributed by atoms with Gasteiger partial charge in [-0.15, -0.1) is 0 Å². The smallest absolute Gasteiger partial charge is 0.317 e. The molecule has 0 aromatic rings. The molecule has 0 atom stereocenters. The number of hydrogen-bond donors (Lipinski definition) is 1. The first-order chi connectivity index (χ1) is 14.7. The molecule has 0 aliphatic carbocycles. The Kier molecular flexibility index (Phi) is 12.2. The number of carbonyl (C=O) groups excluding carboxylic acids is 3. The molecule has 0 spiro atoms. The van der Waals surface area contributed by atoms with E-state index in [1.165, 1.54) is 0 Å². The van der Waals surface area contributed by atoms with Crippen molar-refractivity contribution in [1.82, 2.24) is 19.6 Å². The van der Waals surface area contributed by atoms with Crippen LogP contribution in [-0.4, -0.2) is 128 Å². The van der Waals surface area contributed by atoms with Gasteiger partial charge in [-0.05, 0) is 0 Å². The number of Topliss-reactive ketones (excluding diaryl/α,β-unsaturated/α-hetero) is 1. The topological polar surface area (TPSA) is 120 Å². The summed E-state index contributed by atoms with van der Waals surface area (Å²) >= 11 is 0. The minimum atomic E-state index is -0.919. The minimum Gasteiger partial charge on any atom is -0.480 e. The predicted molar refractivity (Wildman–Crippen MR) is 112 cm³/mol. The number of carbonyl (C=O) groups is 4. The third-order valence-corrected chi connectivity index (χ3v) is 5.14. The third-order valence-electron chi connectivity index (χ3n) is 5.14. The normalized spacial score (nSPS) is 19.1. The first kappa shape index (κ1) is 27.0. The molecule has 1 aliphatic heterocycles. The van der Waals surface area contributed by atoms with E-state index in [-0.39, 0.29) is 32.3 Å². The van der Waals surface area contributed by atoms with Crippen molar-refractivity contribution in [1.29, 1.82) is 0 Å². The maximum Gasteiger partial charge on any atom is 0.317 e. The number of ether oxygens (including phenoxy) is 2. The van der Waals surface area contributed by atoms with Gasteiger partial charge in [-0.1, -0.05) is 20.8 Å². The van der Waals surface area contributed by atoms with Crippen molar-refractivity contribution in [2.45, 2.75) is 20.8 Å². The summed E-state index contributed by atoms with van der Waals surface area (Å²) in [5.74, 6) is -0.811. The molecule has 0 aromatic carbocycles. The molecule has 0 aromatic heterocycles. The molecule has 1 fully saturated rings. The van der Waals surface area contributed by atoms with Gasteiger partial charge in [0.25, 0.3) is 12.9 Å². The van der Waals surface area contributed by atoms with Crippen LogP contribution >= 0.6 is 0 Å². The van der Waals surface area contributed by atoms with Crippen molar-refractivity contribution >= 4 is 24.7 Å². The zero-order chi connectivity index (χ0) is 23.3. The number of aliphatic carboxylic acids is 1. The highest BCUT2D eigenvalue weighted by molar-refractivity contribution is 5.85. The lowest BCUT2D eigenvalue weighted by molar-refractivity contribution is -0.139. The van der Waals surface area contributed by atoms with E-state index < -0.39 is 11.4 Å². The fourth-order valence-electron chi connectivity index (χ4n) is 3.06. The summed E-state index contributed by atoms with van der Waals surface area (Å²) in [7, 11) is 0. The Morgan fingerprint density at radius 1 is 0.742 bits per heavy atom. The van der Waals surface area contributed by atoms with Crippen LogP contribution in [0.3, 0.4) is 0 Å². The third kappa shape index (κ3) is 11.8. The summed E-state index contributed by atoms with van der Waals surface area (Å²) in [6.45, 7) is 11.0. The fourth-order valence-corrected chi connectivity index (χ4v) is 3.06. The van der Waals surface area contributed by atoms with Crippen LogP contribution in [0.25, 0.3) is 0 Å². The zero-order valence-corrected chi connectivity index (χ0v) is 18.8. The van der Waals surface area contributed by atoms with E-state index in [9.17, 15) is 24.3 Å². The summed E-state index contributed by atoms with van der Waals surface area (Å²) in [5.41, 5.74) is -0.468. The van der Waals surface area contributed by atoms with Crippen LogP contribution < -0.4 is 0 Å². The van der Waals surface area contributed by atoms with E-state index in [1.807, 2.05) is 40.4 Å². The van der Waals surface area contributed by atoms with Crippen LogP contribution in [0.5, 0.6) is 0 Å². The molecule has 0 bridgehead atoms. The molecular weight excluding hydrogens is 408 g/mol. The molecule has 0 saturated carbocycles. The van der Waals surface area contributed by atoms with Gasteiger partial charge in [0.05, 0.1) is 13.1 Å².